The van der Waals surface area contributed by atoms with Crippen molar-refractivity contribution < 1.29 is 18.7 Å². The van der Waals surface area contributed by atoms with Gasteiger partial charge in [0.25, 0.3) is 0 Å². The molecule has 2 aromatic heterocycles. The number of cyclic esters (lactones) is 1. The standard InChI is InChI=1S/C21H15FN2O3/c22-13-5-3-12(4-6-13)18-15(10-24-9-1-2-17(25)20(18)24)14-7-8-23-16-11-27-21(26)19(14)16/h3-8,10H,1-2,9,11H2. The van der Waals surface area contributed by atoms with E-state index in [4.69, 9.17) is 4.74 Å². The van der Waals surface area contributed by atoms with Crippen LogP contribution >= 0.6 is 0 Å². The van der Waals surface area contributed by atoms with Gasteiger partial charge in [-0.05, 0) is 30.2 Å². The van der Waals surface area contributed by atoms with Gasteiger partial charge in [-0.1, -0.05) is 12.1 Å². The number of benzene rings is 1. The Kier molecular flexibility index (Phi) is 3.47. The van der Waals surface area contributed by atoms with Gasteiger partial charge >= 0.3 is 5.97 Å². The number of pyridine rings is 1. The number of Topliss-reactive ketones (excluding diaryl/α,β-unsaturated/α-hetero) is 1. The zero-order valence-electron chi connectivity index (χ0n) is 14.4. The van der Waals surface area contributed by atoms with Gasteiger partial charge in [0.05, 0.1) is 17.0 Å². The number of aromatic nitrogens is 2. The quantitative estimate of drug-likeness (QED) is 0.647. The van der Waals surface area contributed by atoms with Crippen molar-refractivity contribution in [3.63, 3.8) is 0 Å². The van der Waals surface area contributed by atoms with Crippen molar-refractivity contribution >= 4 is 11.8 Å². The van der Waals surface area contributed by atoms with E-state index in [0.29, 0.717) is 28.9 Å². The molecule has 0 radical (unpaired) electrons. The van der Waals surface area contributed by atoms with Gasteiger partial charge < -0.3 is 9.30 Å². The number of hydrogen-bond acceptors (Lipinski definition) is 4. The van der Waals surface area contributed by atoms with E-state index in [1.165, 1.54) is 12.1 Å². The maximum absolute atomic E-state index is 13.5. The predicted molar refractivity (Wildman–Crippen MR) is 95.7 cm³/mol. The summed E-state index contributed by atoms with van der Waals surface area (Å²) in [5.74, 6) is -0.693. The summed E-state index contributed by atoms with van der Waals surface area (Å²) in [6.07, 6.45) is 4.81. The molecule has 0 saturated carbocycles. The molecule has 0 unspecified atom stereocenters. The smallest absolute Gasteiger partial charge is 0.341 e. The van der Waals surface area contributed by atoms with Crippen LogP contribution in [0.3, 0.4) is 0 Å². The minimum absolute atomic E-state index is 0.0557. The van der Waals surface area contributed by atoms with Gasteiger partial charge in [0.1, 0.15) is 12.4 Å². The van der Waals surface area contributed by atoms with E-state index >= 15 is 0 Å². The first-order valence-corrected chi connectivity index (χ1v) is 8.81. The molecule has 1 aromatic carbocycles. The lowest BCUT2D eigenvalue weighted by Gasteiger charge is -2.15. The molecule has 4 heterocycles. The summed E-state index contributed by atoms with van der Waals surface area (Å²) in [5, 5.41) is 0. The molecule has 0 spiro atoms. The van der Waals surface area contributed by atoms with Gasteiger partial charge in [-0.2, -0.15) is 0 Å². The molecule has 0 bridgehead atoms. The number of carbonyl (C=O) groups is 2. The number of carbonyl (C=O) groups excluding carboxylic acids is 2. The third-order valence-corrected chi connectivity index (χ3v) is 5.14. The third-order valence-electron chi connectivity index (χ3n) is 5.14. The zero-order chi connectivity index (χ0) is 18.5. The van der Waals surface area contributed by atoms with Crippen LogP contribution in [-0.2, 0) is 17.9 Å². The van der Waals surface area contributed by atoms with Gasteiger partial charge in [-0.25, -0.2) is 9.18 Å². The summed E-state index contributed by atoms with van der Waals surface area (Å²) in [7, 11) is 0. The molecule has 0 fully saturated rings. The number of fused-ring (bicyclic) bond motifs is 2. The second-order valence-electron chi connectivity index (χ2n) is 6.75. The Hall–Kier alpha value is -3.28. The number of esters is 1. The number of hydrogen-bond donors (Lipinski definition) is 0. The van der Waals surface area contributed by atoms with E-state index in [-0.39, 0.29) is 18.2 Å². The lowest BCUT2D eigenvalue weighted by atomic mass is 9.92. The second-order valence-corrected chi connectivity index (χ2v) is 6.75. The second kappa shape index (κ2) is 5.87. The number of aryl methyl sites for hydroxylation is 1. The van der Waals surface area contributed by atoms with E-state index in [9.17, 15) is 14.0 Å². The molecule has 27 heavy (non-hydrogen) atoms. The SMILES string of the molecule is O=C1OCc2nccc(-c3cn4c(c3-c3ccc(F)cc3)C(=O)CCC4)c21. The van der Waals surface area contributed by atoms with Gasteiger partial charge in [-0.15, -0.1) is 0 Å². The summed E-state index contributed by atoms with van der Waals surface area (Å²) >= 11 is 0. The number of halogens is 1. The normalized spacial score (nSPS) is 15.4. The number of rotatable bonds is 2. The Bertz CT molecular complexity index is 1100. The van der Waals surface area contributed by atoms with E-state index in [0.717, 1.165) is 29.7 Å². The summed E-state index contributed by atoms with van der Waals surface area (Å²) in [4.78, 5) is 29.2. The largest absolute Gasteiger partial charge is 0.455 e. The molecule has 0 amide bonds. The maximum Gasteiger partial charge on any atom is 0.341 e. The Morgan fingerprint density at radius 2 is 1.85 bits per heavy atom. The van der Waals surface area contributed by atoms with Crippen molar-refractivity contribution in [3.05, 3.63) is 65.5 Å². The highest BCUT2D eigenvalue weighted by molar-refractivity contribution is 6.08. The summed E-state index contributed by atoms with van der Waals surface area (Å²) < 4.78 is 20.5. The Labute approximate surface area is 154 Å². The van der Waals surface area contributed by atoms with E-state index in [2.05, 4.69) is 4.98 Å². The summed E-state index contributed by atoms with van der Waals surface area (Å²) in [6, 6.07) is 7.85. The first-order valence-electron chi connectivity index (χ1n) is 8.81. The average Bonchev–Trinajstić information content (AvgIpc) is 3.25. The molecule has 2 aliphatic rings. The highest BCUT2D eigenvalue weighted by Gasteiger charge is 2.31. The lowest BCUT2D eigenvalue weighted by Crippen LogP contribution is -2.16. The molecule has 0 N–H and O–H groups in total. The number of ketones is 1. The highest BCUT2D eigenvalue weighted by Crippen LogP contribution is 2.41. The predicted octanol–water partition coefficient (Wildman–Crippen LogP) is 4.00. The number of nitrogens with zero attached hydrogens (tertiary/aromatic N) is 2. The monoisotopic (exact) mass is 362 g/mol. The van der Waals surface area contributed by atoms with E-state index in [1.54, 1.807) is 24.4 Å². The molecule has 0 aliphatic carbocycles. The fraction of sp³-hybridized carbons (Fsp3) is 0.190. The molecular formula is C21H15FN2O3. The fourth-order valence-electron chi connectivity index (χ4n) is 3.95. The van der Waals surface area contributed by atoms with Crippen LogP contribution in [0, 0.1) is 5.82 Å². The number of ether oxygens (including phenoxy) is 1. The van der Waals surface area contributed by atoms with Crippen LogP contribution in [0.25, 0.3) is 22.3 Å². The molecular weight excluding hydrogens is 347 g/mol. The van der Waals surface area contributed by atoms with Crippen LogP contribution in [0.15, 0.2) is 42.7 Å². The molecule has 134 valence electrons. The minimum Gasteiger partial charge on any atom is -0.455 e. The molecule has 5 nitrogen and oxygen atoms in total. The van der Waals surface area contributed by atoms with Crippen molar-refractivity contribution in [1.82, 2.24) is 9.55 Å². The third kappa shape index (κ3) is 2.40. The lowest BCUT2D eigenvalue weighted by molar-refractivity contribution is 0.0533. The molecule has 2 aliphatic heterocycles. The highest BCUT2D eigenvalue weighted by atomic mass is 19.1. The summed E-state index contributed by atoms with van der Waals surface area (Å²) in [6.45, 7) is 0.882. The van der Waals surface area contributed by atoms with E-state index < -0.39 is 5.97 Å². The summed E-state index contributed by atoms with van der Waals surface area (Å²) in [5.41, 5.74) is 4.58. The van der Waals surface area contributed by atoms with Crippen LogP contribution in [0.4, 0.5) is 4.39 Å². The Morgan fingerprint density at radius 1 is 1.04 bits per heavy atom. The molecule has 0 atom stereocenters. The minimum atomic E-state index is -0.409. The van der Waals surface area contributed by atoms with Crippen LogP contribution < -0.4 is 0 Å². The van der Waals surface area contributed by atoms with Crippen molar-refractivity contribution in [2.24, 2.45) is 0 Å². The van der Waals surface area contributed by atoms with Crippen molar-refractivity contribution in [2.45, 2.75) is 26.0 Å². The fourth-order valence-corrected chi connectivity index (χ4v) is 3.95. The molecule has 3 aromatic rings. The topological polar surface area (TPSA) is 61.2 Å². The van der Waals surface area contributed by atoms with E-state index in [1.807, 2.05) is 10.8 Å². The van der Waals surface area contributed by atoms with Gasteiger partial charge in [0.2, 0.25) is 0 Å². The first kappa shape index (κ1) is 15.9. The zero-order valence-corrected chi connectivity index (χ0v) is 14.4. The van der Waals surface area contributed by atoms with Gasteiger partial charge in [0, 0.05) is 42.0 Å². The van der Waals surface area contributed by atoms with Crippen molar-refractivity contribution in [2.75, 3.05) is 0 Å². The maximum atomic E-state index is 13.5. The first-order chi connectivity index (χ1) is 13.1. The van der Waals surface area contributed by atoms with Crippen LogP contribution in [0.1, 0.15) is 39.4 Å². The van der Waals surface area contributed by atoms with Crippen molar-refractivity contribution in [3.8, 4) is 22.3 Å². The Morgan fingerprint density at radius 3 is 2.67 bits per heavy atom. The molecule has 0 saturated heterocycles. The Balaban J connectivity index is 1.82. The molecule has 5 rings (SSSR count). The van der Waals surface area contributed by atoms with Crippen LogP contribution in [0.2, 0.25) is 0 Å². The van der Waals surface area contributed by atoms with Crippen LogP contribution in [0.5, 0.6) is 0 Å². The van der Waals surface area contributed by atoms with Gasteiger partial charge in [0.15, 0.2) is 5.78 Å². The molecule has 6 heteroatoms. The van der Waals surface area contributed by atoms with Crippen LogP contribution in [-0.4, -0.2) is 21.3 Å². The average molecular weight is 362 g/mol. The van der Waals surface area contributed by atoms with Crippen molar-refractivity contribution in [1.29, 1.82) is 0 Å². The van der Waals surface area contributed by atoms with Gasteiger partial charge in [-0.3, -0.25) is 9.78 Å².